The number of benzene rings is 2. The Labute approximate surface area is 150 Å². The monoisotopic (exact) mass is 382 g/mol. The molecule has 2 rings (SSSR count). The molecular weight excluding hydrogens is 364 g/mol. The predicted octanol–water partition coefficient (Wildman–Crippen LogP) is 2.81. The number of nitrogens with one attached hydrogen (secondary N) is 1. The van der Waals surface area contributed by atoms with Crippen LogP contribution in [-0.4, -0.2) is 34.2 Å². The molecule has 0 aliphatic carbocycles. The molecule has 0 aromatic heterocycles. The van der Waals surface area contributed by atoms with Crippen LogP contribution in [0.15, 0.2) is 41.3 Å². The topological polar surface area (TPSA) is 117 Å². The summed E-state index contributed by atoms with van der Waals surface area (Å²) >= 11 is 0. The first kappa shape index (κ1) is 19.3. The molecule has 0 saturated carbocycles. The van der Waals surface area contributed by atoms with Crippen molar-refractivity contribution in [3.63, 3.8) is 0 Å². The van der Waals surface area contributed by atoms with Gasteiger partial charge < -0.3 is 14.2 Å². The fourth-order valence-electron chi connectivity index (χ4n) is 2.20. The van der Waals surface area contributed by atoms with E-state index in [0.717, 1.165) is 12.1 Å². The van der Waals surface area contributed by atoms with Gasteiger partial charge in [-0.3, -0.25) is 14.8 Å². The molecule has 140 valence electrons. The van der Waals surface area contributed by atoms with Gasteiger partial charge in [0.15, 0.2) is 11.5 Å². The Morgan fingerprint density at radius 1 is 1.04 bits per heavy atom. The number of non-ortho nitro benzene ring substituents is 1. The lowest BCUT2D eigenvalue weighted by atomic mass is 10.3. The van der Waals surface area contributed by atoms with Gasteiger partial charge in [-0.25, -0.2) is 8.42 Å². The maximum Gasteiger partial charge on any atom is 0.271 e. The number of methoxy groups -OCH3 is 2. The van der Waals surface area contributed by atoms with Gasteiger partial charge in [-0.05, 0) is 25.1 Å². The highest BCUT2D eigenvalue weighted by atomic mass is 32.2. The van der Waals surface area contributed by atoms with E-state index in [2.05, 4.69) is 4.72 Å². The largest absolute Gasteiger partial charge is 0.495 e. The average molecular weight is 382 g/mol. The lowest BCUT2D eigenvalue weighted by molar-refractivity contribution is -0.385. The Morgan fingerprint density at radius 2 is 1.69 bits per heavy atom. The first-order valence-electron chi connectivity index (χ1n) is 7.48. The standard InChI is InChI=1S/C16H18N2O7S/c1-4-25-13-7-5-11(9-15(13)24-3)17-26(21,22)16-10-12(18(19)20)6-8-14(16)23-2/h5-10,17H,4H2,1-3H3. The third kappa shape index (κ3) is 4.14. The minimum absolute atomic E-state index is 0.0130. The summed E-state index contributed by atoms with van der Waals surface area (Å²) in [7, 11) is -1.43. The van der Waals surface area contributed by atoms with Gasteiger partial charge in [0.25, 0.3) is 15.7 Å². The van der Waals surface area contributed by atoms with E-state index in [1.54, 1.807) is 6.07 Å². The molecule has 1 N–H and O–H groups in total. The van der Waals surface area contributed by atoms with Gasteiger partial charge in [0.05, 0.1) is 31.4 Å². The number of hydrogen-bond acceptors (Lipinski definition) is 7. The molecule has 2 aromatic carbocycles. The van der Waals surface area contributed by atoms with Crippen molar-refractivity contribution in [1.29, 1.82) is 0 Å². The van der Waals surface area contributed by atoms with Crippen LogP contribution in [0.25, 0.3) is 0 Å². The van der Waals surface area contributed by atoms with Crippen molar-refractivity contribution in [1.82, 2.24) is 0 Å². The Bertz CT molecular complexity index is 913. The summed E-state index contributed by atoms with van der Waals surface area (Å²) in [5, 5.41) is 10.9. The van der Waals surface area contributed by atoms with Crippen molar-refractivity contribution in [3.8, 4) is 17.2 Å². The van der Waals surface area contributed by atoms with Gasteiger partial charge in [-0.2, -0.15) is 0 Å². The van der Waals surface area contributed by atoms with Gasteiger partial charge in [-0.15, -0.1) is 0 Å². The molecule has 0 aliphatic heterocycles. The molecule has 0 heterocycles. The second kappa shape index (κ2) is 7.91. The molecule has 2 aromatic rings. The van der Waals surface area contributed by atoms with Gasteiger partial charge in [-0.1, -0.05) is 0 Å². The molecule has 10 heteroatoms. The summed E-state index contributed by atoms with van der Waals surface area (Å²) in [5.41, 5.74) is -0.158. The quantitative estimate of drug-likeness (QED) is 0.551. The van der Waals surface area contributed by atoms with Gasteiger partial charge in [0.1, 0.15) is 10.6 Å². The van der Waals surface area contributed by atoms with Crippen molar-refractivity contribution in [2.45, 2.75) is 11.8 Å². The molecule has 0 unspecified atom stereocenters. The third-order valence-corrected chi connectivity index (χ3v) is 4.77. The van der Waals surface area contributed by atoms with Crippen molar-refractivity contribution >= 4 is 21.4 Å². The average Bonchev–Trinajstić information content (AvgIpc) is 2.62. The highest BCUT2D eigenvalue weighted by Crippen LogP contribution is 2.33. The number of ether oxygens (including phenoxy) is 3. The number of sulfonamides is 1. The van der Waals surface area contributed by atoms with E-state index in [1.165, 1.54) is 32.4 Å². The third-order valence-electron chi connectivity index (χ3n) is 3.36. The highest BCUT2D eigenvalue weighted by molar-refractivity contribution is 7.92. The number of nitro benzene ring substituents is 1. The van der Waals surface area contributed by atoms with Crippen molar-refractivity contribution < 1.29 is 27.6 Å². The van der Waals surface area contributed by atoms with Crippen LogP contribution in [-0.2, 0) is 10.0 Å². The number of hydrogen-bond donors (Lipinski definition) is 1. The molecule has 0 aliphatic rings. The molecule has 0 spiro atoms. The Balaban J connectivity index is 2.43. The zero-order valence-electron chi connectivity index (χ0n) is 14.4. The summed E-state index contributed by atoms with van der Waals surface area (Å²) < 4.78 is 43.3. The van der Waals surface area contributed by atoms with Crippen LogP contribution in [0.2, 0.25) is 0 Å². The number of nitro groups is 1. The van der Waals surface area contributed by atoms with Crippen molar-refractivity contribution in [2.75, 3.05) is 25.5 Å². The first-order chi connectivity index (χ1) is 12.3. The first-order valence-corrected chi connectivity index (χ1v) is 8.96. The Morgan fingerprint density at radius 3 is 2.27 bits per heavy atom. The Kier molecular flexibility index (Phi) is 5.88. The normalized spacial score (nSPS) is 10.9. The smallest absolute Gasteiger partial charge is 0.271 e. The van der Waals surface area contributed by atoms with Crippen LogP contribution in [0, 0.1) is 10.1 Å². The molecule has 0 bridgehead atoms. The van der Waals surface area contributed by atoms with Gasteiger partial charge in [0, 0.05) is 18.2 Å². The summed E-state index contributed by atoms with van der Waals surface area (Å²) in [6.45, 7) is 2.23. The molecule has 9 nitrogen and oxygen atoms in total. The number of nitrogens with zero attached hydrogens (tertiary/aromatic N) is 1. The van der Waals surface area contributed by atoms with Crippen LogP contribution < -0.4 is 18.9 Å². The molecule has 0 radical (unpaired) electrons. The lowest BCUT2D eigenvalue weighted by Gasteiger charge is -2.14. The SMILES string of the molecule is CCOc1ccc(NS(=O)(=O)c2cc([N+](=O)[O-])ccc2OC)cc1OC. The minimum Gasteiger partial charge on any atom is -0.495 e. The number of anilines is 1. The van der Waals surface area contributed by atoms with E-state index < -0.39 is 14.9 Å². The molecule has 0 saturated heterocycles. The van der Waals surface area contributed by atoms with E-state index in [9.17, 15) is 18.5 Å². The molecule has 0 amide bonds. The lowest BCUT2D eigenvalue weighted by Crippen LogP contribution is -2.14. The van der Waals surface area contributed by atoms with E-state index in [-0.39, 0.29) is 22.0 Å². The zero-order valence-corrected chi connectivity index (χ0v) is 15.2. The maximum absolute atomic E-state index is 12.7. The summed E-state index contributed by atoms with van der Waals surface area (Å²) in [4.78, 5) is 9.91. The van der Waals surface area contributed by atoms with E-state index in [1.807, 2.05) is 6.92 Å². The number of rotatable bonds is 8. The van der Waals surface area contributed by atoms with E-state index in [0.29, 0.717) is 18.1 Å². The van der Waals surface area contributed by atoms with Crippen molar-refractivity contribution in [2.24, 2.45) is 0 Å². The van der Waals surface area contributed by atoms with Crippen LogP contribution in [0.5, 0.6) is 17.2 Å². The van der Waals surface area contributed by atoms with E-state index in [4.69, 9.17) is 14.2 Å². The highest BCUT2D eigenvalue weighted by Gasteiger charge is 2.23. The molecule has 0 fully saturated rings. The van der Waals surface area contributed by atoms with Gasteiger partial charge >= 0.3 is 0 Å². The summed E-state index contributed by atoms with van der Waals surface area (Å²) in [6, 6.07) is 7.84. The van der Waals surface area contributed by atoms with Crippen LogP contribution in [0.1, 0.15) is 6.92 Å². The molecule has 0 atom stereocenters. The minimum atomic E-state index is -4.14. The van der Waals surface area contributed by atoms with Gasteiger partial charge in [0.2, 0.25) is 0 Å². The fraction of sp³-hybridized carbons (Fsp3) is 0.250. The van der Waals surface area contributed by atoms with Crippen molar-refractivity contribution in [3.05, 3.63) is 46.5 Å². The van der Waals surface area contributed by atoms with Crippen LogP contribution in [0.3, 0.4) is 0 Å². The Hall–Kier alpha value is -3.01. The predicted molar refractivity (Wildman–Crippen MR) is 94.6 cm³/mol. The van der Waals surface area contributed by atoms with Crippen LogP contribution >= 0.6 is 0 Å². The molecule has 26 heavy (non-hydrogen) atoms. The second-order valence-electron chi connectivity index (χ2n) is 5.00. The summed E-state index contributed by atoms with van der Waals surface area (Å²) in [5.74, 6) is 0.796. The van der Waals surface area contributed by atoms with E-state index >= 15 is 0 Å². The van der Waals surface area contributed by atoms with Crippen LogP contribution in [0.4, 0.5) is 11.4 Å². The summed E-state index contributed by atoms with van der Waals surface area (Å²) in [6.07, 6.45) is 0. The molecular formula is C16H18N2O7S. The zero-order chi connectivity index (χ0) is 19.3. The fourth-order valence-corrected chi connectivity index (χ4v) is 3.44. The second-order valence-corrected chi connectivity index (χ2v) is 6.65. The maximum atomic E-state index is 12.7.